The molecule has 0 radical (unpaired) electrons. The molecule has 206 valence electrons. The Balaban J connectivity index is 1.65. The van der Waals surface area contributed by atoms with Crippen LogP contribution in [0.5, 0.6) is 11.5 Å². The fourth-order valence-corrected chi connectivity index (χ4v) is 4.64. The summed E-state index contributed by atoms with van der Waals surface area (Å²) in [7, 11) is 4.86. The summed E-state index contributed by atoms with van der Waals surface area (Å²) in [6.45, 7) is 2.35. The van der Waals surface area contributed by atoms with Crippen molar-refractivity contribution in [3.8, 4) is 11.5 Å². The van der Waals surface area contributed by atoms with E-state index in [2.05, 4.69) is 4.90 Å². The molecule has 0 aliphatic heterocycles. The Morgan fingerprint density at radius 2 is 1.46 bits per heavy atom. The van der Waals surface area contributed by atoms with Crippen LogP contribution in [0.15, 0.2) is 83.3 Å². The predicted octanol–water partition coefficient (Wildman–Crippen LogP) is 5.90. The van der Waals surface area contributed by atoms with Gasteiger partial charge in [0.15, 0.2) is 17.1 Å². The van der Waals surface area contributed by atoms with Crippen molar-refractivity contribution in [1.82, 2.24) is 4.90 Å². The minimum atomic E-state index is -1.90. The third-order valence-corrected chi connectivity index (χ3v) is 6.56. The number of furan rings is 1. The monoisotopic (exact) mass is 537 g/mol. The third-order valence-electron chi connectivity index (χ3n) is 6.56. The lowest BCUT2D eigenvalue weighted by atomic mass is 9.84. The number of hydrogen-bond donors (Lipinski definition) is 1. The van der Waals surface area contributed by atoms with Gasteiger partial charge in [0.25, 0.3) is 0 Å². The molecule has 0 aliphatic carbocycles. The van der Waals surface area contributed by atoms with Crippen LogP contribution in [0.3, 0.4) is 0 Å². The molecule has 39 heavy (non-hydrogen) atoms. The lowest BCUT2D eigenvalue weighted by Crippen LogP contribution is -2.29. The van der Waals surface area contributed by atoms with Crippen LogP contribution in [-0.2, 0) is 23.4 Å². The van der Waals surface area contributed by atoms with Gasteiger partial charge in [-0.05, 0) is 71.6 Å². The average Bonchev–Trinajstić information content (AvgIpc) is 3.41. The summed E-state index contributed by atoms with van der Waals surface area (Å²) < 4.78 is 50.6. The van der Waals surface area contributed by atoms with E-state index in [0.29, 0.717) is 37.0 Å². The zero-order chi connectivity index (χ0) is 27.8. The van der Waals surface area contributed by atoms with Crippen molar-refractivity contribution >= 4 is 0 Å². The van der Waals surface area contributed by atoms with Crippen molar-refractivity contribution < 1.29 is 32.5 Å². The SMILES string of the molecule is COCCCN(Cc1ccc(OC)c(OC)c1)Cc1ccc(C(O)(c2cccc(F)c2)c2cccc(F)c2)o1. The van der Waals surface area contributed by atoms with E-state index in [1.54, 1.807) is 45.6 Å². The molecule has 0 fully saturated rings. The number of aliphatic hydroxyl groups is 1. The molecule has 0 atom stereocenters. The number of ether oxygens (including phenoxy) is 3. The Hall–Kier alpha value is -3.72. The van der Waals surface area contributed by atoms with Crippen LogP contribution in [0.1, 0.15) is 34.6 Å². The molecule has 0 saturated heterocycles. The van der Waals surface area contributed by atoms with Crippen molar-refractivity contribution in [3.63, 3.8) is 0 Å². The Bertz CT molecular complexity index is 1330. The summed E-state index contributed by atoms with van der Waals surface area (Å²) in [6.07, 6.45) is 0.799. The smallest absolute Gasteiger partial charge is 0.173 e. The van der Waals surface area contributed by atoms with Crippen molar-refractivity contribution in [2.45, 2.75) is 25.1 Å². The highest BCUT2D eigenvalue weighted by Gasteiger charge is 2.38. The Labute approximate surface area is 227 Å². The van der Waals surface area contributed by atoms with Gasteiger partial charge in [0, 0.05) is 26.8 Å². The van der Waals surface area contributed by atoms with Crippen molar-refractivity contribution in [1.29, 1.82) is 0 Å². The standard InChI is InChI=1S/C31H33F2NO5/c1-36-16-6-15-34(20-22-11-13-28(37-2)29(17-22)38-3)21-27-12-14-30(39-27)31(35,23-7-4-9-25(32)18-23)24-8-5-10-26(33)19-24/h4-5,7-14,17-19,35H,6,15-16,20-21H2,1-3H3. The highest BCUT2D eigenvalue weighted by atomic mass is 19.1. The first-order valence-corrected chi connectivity index (χ1v) is 12.6. The number of rotatable bonds is 13. The van der Waals surface area contributed by atoms with E-state index >= 15 is 0 Å². The molecule has 0 amide bonds. The van der Waals surface area contributed by atoms with Gasteiger partial charge < -0.3 is 23.7 Å². The van der Waals surface area contributed by atoms with E-state index in [4.69, 9.17) is 18.6 Å². The summed E-state index contributed by atoms with van der Waals surface area (Å²) in [5, 5.41) is 12.0. The van der Waals surface area contributed by atoms with Crippen LogP contribution >= 0.6 is 0 Å². The fourth-order valence-electron chi connectivity index (χ4n) is 4.64. The van der Waals surface area contributed by atoms with E-state index in [1.165, 1.54) is 36.4 Å². The molecule has 6 nitrogen and oxygen atoms in total. The maximum Gasteiger partial charge on any atom is 0.173 e. The van der Waals surface area contributed by atoms with Gasteiger partial charge in [-0.15, -0.1) is 0 Å². The van der Waals surface area contributed by atoms with Gasteiger partial charge in [-0.3, -0.25) is 4.90 Å². The number of hydrogen-bond acceptors (Lipinski definition) is 6. The van der Waals surface area contributed by atoms with Gasteiger partial charge in [-0.2, -0.15) is 0 Å². The number of halogens is 2. The van der Waals surface area contributed by atoms with Gasteiger partial charge in [-0.25, -0.2) is 8.78 Å². The molecule has 0 spiro atoms. The van der Waals surface area contributed by atoms with E-state index < -0.39 is 17.2 Å². The van der Waals surface area contributed by atoms with Gasteiger partial charge in [0.1, 0.15) is 23.2 Å². The molecule has 3 aromatic carbocycles. The zero-order valence-electron chi connectivity index (χ0n) is 22.3. The molecule has 4 aromatic rings. The van der Waals surface area contributed by atoms with Crippen LogP contribution in [0, 0.1) is 11.6 Å². The fraction of sp³-hybridized carbons (Fsp3) is 0.290. The van der Waals surface area contributed by atoms with E-state index in [1.807, 2.05) is 18.2 Å². The van der Waals surface area contributed by atoms with Gasteiger partial charge in [0.05, 0.1) is 20.8 Å². The molecular formula is C31H33F2NO5. The summed E-state index contributed by atoms with van der Waals surface area (Å²) in [6, 6.07) is 20.4. The van der Waals surface area contributed by atoms with E-state index in [9.17, 15) is 13.9 Å². The second-order valence-electron chi connectivity index (χ2n) is 9.24. The first kappa shape index (κ1) is 28.3. The quantitative estimate of drug-likeness (QED) is 0.214. The maximum atomic E-state index is 14.2. The second kappa shape index (κ2) is 12.9. The molecule has 1 heterocycles. The first-order valence-electron chi connectivity index (χ1n) is 12.6. The summed E-state index contributed by atoms with van der Waals surface area (Å²) in [4.78, 5) is 2.19. The normalized spacial score (nSPS) is 11.7. The van der Waals surface area contributed by atoms with Gasteiger partial charge in [-0.1, -0.05) is 30.3 Å². The van der Waals surface area contributed by atoms with E-state index in [0.717, 1.165) is 18.5 Å². The molecular weight excluding hydrogens is 504 g/mol. The topological polar surface area (TPSA) is 64.3 Å². The average molecular weight is 538 g/mol. The molecule has 1 aromatic heterocycles. The lowest BCUT2D eigenvalue weighted by molar-refractivity contribution is 0.0941. The summed E-state index contributed by atoms with van der Waals surface area (Å²) in [5.74, 6) is 1.01. The molecule has 0 unspecified atom stereocenters. The van der Waals surface area contributed by atoms with Crippen LogP contribution < -0.4 is 9.47 Å². The molecule has 0 aliphatic rings. The zero-order valence-corrected chi connectivity index (χ0v) is 22.3. The second-order valence-corrected chi connectivity index (χ2v) is 9.24. The Kier molecular flexibility index (Phi) is 9.35. The van der Waals surface area contributed by atoms with Gasteiger partial charge >= 0.3 is 0 Å². The van der Waals surface area contributed by atoms with Crippen LogP contribution in [0.4, 0.5) is 8.78 Å². The summed E-state index contributed by atoms with van der Waals surface area (Å²) in [5.41, 5.74) is -0.410. The summed E-state index contributed by atoms with van der Waals surface area (Å²) >= 11 is 0. The molecule has 8 heteroatoms. The van der Waals surface area contributed by atoms with Crippen LogP contribution in [-0.4, -0.2) is 44.5 Å². The third kappa shape index (κ3) is 6.65. The first-order chi connectivity index (χ1) is 18.9. The predicted molar refractivity (Wildman–Crippen MR) is 144 cm³/mol. The van der Waals surface area contributed by atoms with Crippen molar-refractivity contribution in [3.05, 3.63) is 119 Å². The molecule has 4 rings (SSSR count). The van der Waals surface area contributed by atoms with Crippen molar-refractivity contribution in [2.75, 3.05) is 34.5 Å². The highest BCUT2D eigenvalue weighted by Crippen LogP contribution is 2.38. The minimum Gasteiger partial charge on any atom is -0.493 e. The molecule has 1 N–H and O–H groups in total. The largest absolute Gasteiger partial charge is 0.493 e. The molecule has 0 bridgehead atoms. The van der Waals surface area contributed by atoms with Crippen LogP contribution in [0.2, 0.25) is 0 Å². The Morgan fingerprint density at radius 1 is 0.795 bits per heavy atom. The Morgan fingerprint density at radius 3 is 2.05 bits per heavy atom. The van der Waals surface area contributed by atoms with Crippen molar-refractivity contribution in [2.24, 2.45) is 0 Å². The van der Waals surface area contributed by atoms with Gasteiger partial charge in [0.2, 0.25) is 0 Å². The van der Waals surface area contributed by atoms with Crippen LogP contribution in [0.25, 0.3) is 0 Å². The highest BCUT2D eigenvalue weighted by molar-refractivity contribution is 5.45. The number of methoxy groups -OCH3 is 3. The number of nitrogens with zero attached hydrogens (tertiary/aromatic N) is 1. The number of benzene rings is 3. The molecule has 0 saturated carbocycles. The maximum absolute atomic E-state index is 14.2. The lowest BCUT2D eigenvalue weighted by Gasteiger charge is -2.27. The minimum absolute atomic E-state index is 0.164. The van der Waals surface area contributed by atoms with E-state index in [-0.39, 0.29) is 16.9 Å².